The van der Waals surface area contributed by atoms with Gasteiger partial charge in [-0.25, -0.2) is 0 Å². The van der Waals surface area contributed by atoms with E-state index in [2.05, 4.69) is 15.9 Å². The second-order valence-electron chi connectivity index (χ2n) is 5.24. The fourth-order valence-corrected chi connectivity index (χ4v) is 3.13. The van der Waals surface area contributed by atoms with Crippen LogP contribution >= 0.6 is 15.9 Å². The van der Waals surface area contributed by atoms with Gasteiger partial charge in [0.1, 0.15) is 12.4 Å². The number of benzene rings is 1. The van der Waals surface area contributed by atoms with Crippen LogP contribution in [0.3, 0.4) is 0 Å². The van der Waals surface area contributed by atoms with Crippen LogP contribution in [0.2, 0.25) is 0 Å². The average Bonchev–Trinajstić information content (AvgIpc) is 2.67. The molecule has 1 N–H and O–H groups in total. The van der Waals surface area contributed by atoms with Crippen molar-refractivity contribution in [1.29, 1.82) is 0 Å². The van der Waals surface area contributed by atoms with Gasteiger partial charge in [-0.3, -0.25) is 4.79 Å². The highest BCUT2D eigenvalue weighted by molar-refractivity contribution is 9.10. The van der Waals surface area contributed by atoms with Crippen LogP contribution in [0.4, 0.5) is 0 Å². The summed E-state index contributed by atoms with van der Waals surface area (Å²) < 4.78 is 12.3. The molecule has 1 aromatic rings. The van der Waals surface area contributed by atoms with E-state index in [1.54, 1.807) is 12.1 Å². The number of rotatable bonds is 5. The predicted octanol–water partition coefficient (Wildman–Crippen LogP) is 3.73. The van der Waals surface area contributed by atoms with E-state index in [4.69, 9.17) is 9.47 Å². The zero-order valence-corrected chi connectivity index (χ0v) is 13.8. The zero-order chi connectivity index (χ0) is 15.2. The van der Waals surface area contributed by atoms with E-state index >= 15 is 0 Å². The first-order valence-electron chi connectivity index (χ1n) is 7.42. The fraction of sp³-hybridized carbons (Fsp3) is 0.562. The van der Waals surface area contributed by atoms with Crippen molar-refractivity contribution in [3.05, 3.63) is 22.2 Å². The Hall–Kier alpha value is -1.07. The molecule has 1 aliphatic carbocycles. The minimum Gasteiger partial charge on any atom is -0.490 e. The van der Waals surface area contributed by atoms with Gasteiger partial charge in [-0.1, -0.05) is 12.8 Å². The van der Waals surface area contributed by atoms with Gasteiger partial charge in [0.15, 0.2) is 11.5 Å². The van der Waals surface area contributed by atoms with Gasteiger partial charge in [0.05, 0.1) is 17.2 Å². The summed E-state index contributed by atoms with van der Waals surface area (Å²) in [6.07, 6.45) is 4.88. The molecule has 4 nitrogen and oxygen atoms in total. The Morgan fingerprint density at radius 1 is 1.33 bits per heavy atom. The van der Waals surface area contributed by atoms with Gasteiger partial charge >= 0.3 is 0 Å². The molecule has 2 rings (SSSR count). The molecule has 0 aliphatic heterocycles. The maximum Gasteiger partial charge on any atom is 0.175 e. The number of ether oxygens (including phenoxy) is 2. The average molecular weight is 357 g/mol. The highest BCUT2D eigenvalue weighted by Crippen LogP contribution is 2.38. The quantitative estimate of drug-likeness (QED) is 0.644. The third-order valence-electron chi connectivity index (χ3n) is 3.65. The van der Waals surface area contributed by atoms with Gasteiger partial charge in [0.25, 0.3) is 0 Å². The lowest BCUT2D eigenvalue weighted by molar-refractivity contribution is 0.0297. The minimum absolute atomic E-state index is 0.231. The third kappa shape index (κ3) is 4.20. The van der Waals surface area contributed by atoms with Crippen molar-refractivity contribution in [2.45, 2.75) is 51.2 Å². The van der Waals surface area contributed by atoms with Crippen molar-refractivity contribution in [2.75, 3.05) is 6.61 Å². The van der Waals surface area contributed by atoms with Crippen molar-refractivity contribution in [3.8, 4) is 11.5 Å². The van der Waals surface area contributed by atoms with E-state index < -0.39 is 6.10 Å². The van der Waals surface area contributed by atoms with Crippen LogP contribution in [0.25, 0.3) is 0 Å². The summed E-state index contributed by atoms with van der Waals surface area (Å²) in [6.45, 7) is 2.37. The number of carbonyl (C=O) groups excluding carboxylic acids is 1. The molecule has 2 atom stereocenters. The maximum absolute atomic E-state index is 11.0. The van der Waals surface area contributed by atoms with Crippen molar-refractivity contribution in [3.63, 3.8) is 0 Å². The summed E-state index contributed by atoms with van der Waals surface area (Å²) in [7, 11) is 0. The monoisotopic (exact) mass is 356 g/mol. The summed E-state index contributed by atoms with van der Waals surface area (Å²) >= 11 is 3.43. The van der Waals surface area contributed by atoms with Crippen molar-refractivity contribution < 1.29 is 19.4 Å². The summed E-state index contributed by atoms with van der Waals surface area (Å²) in [5, 5.41) is 10.2. The van der Waals surface area contributed by atoms with Gasteiger partial charge in [-0.2, -0.15) is 0 Å². The SMILES string of the molecule is CCOc1cc(C=O)cc(Br)c1OC1CCCCCC1O. The van der Waals surface area contributed by atoms with Crippen molar-refractivity contribution in [1.82, 2.24) is 0 Å². The standard InChI is InChI=1S/C16H21BrO4/c1-2-20-15-9-11(10-18)8-12(17)16(15)21-14-7-5-3-4-6-13(14)19/h8-10,13-14,19H,2-7H2,1H3. The molecule has 0 amide bonds. The Morgan fingerprint density at radius 2 is 2.10 bits per heavy atom. The number of aliphatic hydroxyl groups excluding tert-OH is 1. The fourth-order valence-electron chi connectivity index (χ4n) is 2.58. The largest absolute Gasteiger partial charge is 0.490 e. The molecule has 116 valence electrons. The molecule has 1 saturated carbocycles. The van der Waals surface area contributed by atoms with Gasteiger partial charge < -0.3 is 14.6 Å². The lowest BCUT2D eigenvalue weighted by Crippen LogP contribution is -2.30. The van der Waals surface area contributed by atoms with E-state index in [9.17, 15) is 9.90 Å². The molecule has 1 aromatic carbocycles. The lowest BCUT2D eigenvalue weighted by atomic mass is 10.1. The van der Waals surface area contributed by atoms with E-state index in [1.165, 1.54) is 0 Å². The number of halogens is 1. The van der Waals surface area contributed by atoms with Crippen LogP contribution in [0.1, 0.15) is 49.4 Å². The molecule has 1 aliphatic rings. The van der Waals surface area contributed by atoms with Crippen molar-refractivity contribution in [2.24, 2.45) is 0 Å². The number of aliphatic hydroxyl groups is 1. The molecule has 5 heteroatoms. The van der Waals surface area contributed by atoms with Crippen molar-refractivity contribution >= 4 is 22.2 Å². The van der Waals surface area contributed by atoms with Gasteiger partial charge in [-0.15, -0.1) is 0 Å². The third-order valence-corrected chi connectivity index (χ3v) is 4.24. The molecular weight excluding hydrogens is 336 g/mol. The molecule has 0 radical (unpaired) electrons. The first-order chi connectivity index (χ1) is 10.2. The molecule has 0 saturated heterocycles. The smallest absolute Gasteiger partial charge is 0.175 e. The number of carbonyl (C=O) groups is 1. The maximum atomic E-state index is 11.0. The topological polar surface area (TPSA) is 55.8 Å². The van der Waals surface area contributed by atoms with Crippen LogP contribution in [0.15, 0.2) is 16.6 Å². The summed E-state index contributed by atoms with van der Waals surface area (Å²) in [6, 6.07) is 3.37. The Kier molecular flexibility index (Phi) is 6.06. The highest BCUT2D eigenvalue weighted by atomic mass is 79.9. The first kappa shape index (κ1) is 16.3. The Morgan fingerprint density at radius 3 is 2.81 bits per heavy atom. The molecular formula is C16H21BrO4. The summed E-state index contributed by atoms with van der Waals surface area (Å²) in [4.78, 5) is 11.0. The first-order valence-corrected chi connectivity index (χ1v) is 8.21. The van der Waals surface area contributed by atoms with E-state index in [0.717, 1.165) is 38.4 Å². The number of hydrogen-bond acceptors (Lipinski definition) is 4. The molecule has 21 heavy (non-hydrogen) atoms. The summed E-state index contributed by atoms with van der Waals surface area (Å²) in [5.74, 6) is 1.10. The van der Waals surface area contributed by atoms with Crippen LogP contribution in [-0.2, 0) is 0 Å². The molecule has 2 unspecified atom stereocenters. The predicted molar refractivity (Wildman–Crippen MR) is 84.2 cm³/mol. The second-order valence-corrected chi connectivity index (χ2v) is 6.10. The van der Waals surface area contributed by atoms with Gasteiger partial charge in [0.2, 0.25) is 0 Å². The van der Waals surface area contributed by atoms with Crippen LogP contribution < -0.4 is 9.47 Å². The van der Waals surface area contributed by atoms with Crippen LogP contribution in [0.5, 0.6) is 11.5 Å². The normalized spacial score (nSPS) is 22.4. The zero-order valence-electron chi connectivity index (χ0n) is 12.2. The van der Waals surface area contributed by atoms with Crippen LogP contribution in [0, 0.1) is 0 Å². The van der Waals surface area contributed by atoms with E-state index in [-0.39, 0.29) is 6.10 Å². The number of hydrogen-bond donors (Lipinski definition) is 1. The molecule has 1 fully saturated rings. The summed E-state index contributed by atoms with van der Waals surface area (Å²) in [5.41, 5.74) is 0.527. The molecule has 0 bridgehead atoms. The minimum atomic E-state index is -0.459. The second kappa shape index (κ2) is 7.80. The number of aldehydes is 1. The Balaban J connectivity index is 2.26. The Bertz CT molecular complexity index is 489. The Labute approximate surface area is 133 Å². The molecule has 0 aromatic heterocycles. The lowest BCUT2D eigenvalue weighted by Gasteiger charge is -2.24. The van der Waals surface area contributed by atoms with E-state index in [1.807, 2.05) is 6.92 Å². The van der Waals surface area contributed by atoms with Gasteiger partial charge in [0, 0.05) is 5.56 Å². The van der Waals surface area contributed by atoms with Crippen LogP contribution in [-0.4, -0.2) is 30.2 Å². The molecule has 0 spiro atoms. The highest BCUT2D eigenvalue weighted by Gasteiger charge is 2.25. The van der Waals surface area contributed by atoms with E-state index in [0.29, 0.717) is 28.1 Å². The van der Waals surface area contributed by atoms with Gasteiger partial charge in [-0.05, 0) is 54.2 Å². The molecule has 0 heterocycles.